The van der Waals surface area contributed by atoms with Gasteiger partial charge in [-0.3, -0.25) is 4.79 Å². The van der Waals surface area contributed by atoms with Gasteiger partial charge in [0.15, 0.2) is 0 Å². The molecule has 0 radical (unpaired) electrons. The average molecular weight is 279 g/mol. The number of amides is 1. The molecule has 104 valence electrons. The van der Waals surface area contributed by atoms with Crippen LogP contribution < -0.4 is 0 Å². The Morgan fingerprint density at radius 1 is 1.42 bits per heavy atom. The number of hydrogen-bond acceptors (Lipinski definition) is 3. The van der Waals surface area contributed by atoms with Gasteiger partial charge >= 0.3 is 0 Å². The maximum Gasteiger partial charge on any atom is 0.232 e. The molecule has 0 spiro atoms. The van der Waals surface area contributed by atoms with Crippen LogP contribution in [0.15, 0.2) is 24.3 Å². The third-order valence-electron chi connectivity index (χ3n) is 3.21. The molecule has 1 aromatic carbocycles. The third-order valence-corrected chi connectivity index (χ3v) is 4.20. The largest absolute Gasteiger partial charge is 0.375 e. The summed E-state index contributed by atoms with van der Waals surface area (Å²) in [6.07, 6.45) is 0.166. The topological polar surface area (TPSA) is 29.5 Å². The molecule has 2 rings (SSSR count). The van der Waals surface area contributed by atoms with E-state index in [9.17, 15) is 4.79 Å². The minimum Gasteiger partial charge on any atom is -0.375 e. The first-order chi connectivity index (χ1) is 9.15. The number of aryl methyl sites for hydroxylation is 1. The normalized spacial score (nSPS) is 19.5. The van der Waals surface area contributed by atoms with E-state index >= 15 is 0 Å². The van der Waals surface area contributed by atoms with Crippen LogP contribution >= 0.6 is 11.8 Å². The lowest BCUT2D eigenvalue weighted by Gasteiger charge is -2.31. The number of hydrogen-bond donors (Lipinski definition) is 0. The summed E-state index contributed by atoms with van der Waals surface area (Å²) < 4.78 is 5.44. The zero-order chi connectivity index (χ0) is 13.7. The van der Waals surface area contributed by atoms with E-state index in [0.717, 1.165) is 18.8 Å². The summed E-state index contributed by atoms with van der Waals surface area (Å²) in [5.41, 5.74) is 2.55. The molecule has 1 atom stereocenters. The minimum atomic E-state index is 0.166. The van der Waals surface area contributed by atoms with Crippen molar-refractivity contribution >= 4 is 17.7 Å². The summed E-state index contributed by atoms with van der Waals surface area (Å²) in [5.74, 6) is 1.68. The van der Waals surface area contributed by atoms with E-state index < -0.39 is 0 Å². The monoisotopic (exact) mass is 279 g/mol. The van der Waals surface area contributed by atoms with Crippen LogP contribution in [-0.2, 0) is 15.3 Å². The Morgan fingerprint density at radius 2 is 2.16 bits per heavy atom. The summed E-state index contributed by atoms with van der Waals surface area (Å²) in [5, 5.41) is 0. The molecule has 0 bridgehead atoms. The van der Waals surface area contributed by atoms with Crippen molar-refractivity contribution in [1.82, 2.24) is 4.90 Å². The molecule has 0 saturated carbocycles. The molecule has 3 nitrogen and oxygen atoms in total. The average Bonchev–Trinajstić information content (AvgIpc) is 2.41. The molecule has 1 aliphatic heterocycles. The van der Waals surface area contributed by atoms with Gasteiger partial charge < -0.3 is 9.64 Å². The van der Waals surface area contributed by atoms with Crippen molar-refractivity contribution < 1.29 is 9.53 Å². The van der Waals surface area contributed by atoms with Crippen LogP contribution in [0.2, 0.25) is 0 Å². The maximum absolute atomic E-state index is 12.0. The predicted molar refractivity (Wildman–Crippen MR) is 79.3 cm³/mol. The third kappa shape index (κ3) is 4.55. The van der Waals surface area contributed by atoms with Crippen LogP contribution in [0.4, 0.5) is 0 Å². The smallest absolute Gasteiger partial charge is 0.232 e. The van der Waals surface area contributed by atoms with Gasteiger partial charge in [-0.15, -0.1) is 11.8 Å². The number of carbonyl (C=O) groups is 1. The fourth-order valence-electron chi connectivity index (χ4n) is 2.08. The van der Waals surface area contributed by atoms with E-state index in [1.54, 1.807) is 11.8 Å². The molecule has 1 amide bonds. The molecule has 1 aromatic rings. The lowest BCUT2D eigenvalue weighted by molar-refractivity contribution is -0.135. The molecular weight excluding hydrogens is 258 g/mol. The lowest BCUT2D eigenvalue weighted by Crippen LogP contribution is -2.45. The van der Waals surface area contributed by atoms with E-state index in [1.807, 2.05) is 11.8 Å². The zero-order valence-corrected chi connectivity index (χ0v) is 12.4. The minimum absolute atomic E-state index is 0.166. The van der Waals surface area contributed by atoms with Gasteiger partial charge in [0.25, 0.3) is 0 Å². The molecule has 1 fully saturated rings. The van der Waals surface area contributed by atoms with Crippen LogP contribution in [0.3, 0.4) is 0 Å². The van der Waals surface area contributed by atoms with Crippen LogP contribution in [0.5, 0.6) is 0 Å². The van der Waals surface area contributed by atoms with Crippen molar-refractivity contribution in [1.29, 1.82) is 0 Å². The second-order valence-electron chi connectivity index (χ2n) is 5.00. The second-order valence-corrected chi connectivity index (χ2v) is 5.99. The van der Waals surface area contributed by atoms with Crippen molar-refractivity contribution in [3.63, 3.8) is 0 Å². The van der Waals surface area contributed by atoms with Crippen molar-refractivity contribution in [2.45, 2.75) is 25.7 Å². The molecule has 1 saturated heterocycles. The highest BCUT2D eigenvalue weighted by Crippen LogP contribution is 2.14. The Hall–Kier alpha value is -1.00. The number of nitrogens with zero attached hydrogens (tertiary/aromatic N) is 1. The molecular formula is C15H21NO2S. The van der Waals surface area contributed by atoms with Gasteiger partial charge in [0.2, 0.25) is 5.91 Å². The van der Waals surface area contributed by atoms with Crippen molar-refractivity contribution in [2.75, 3.05) is 25.4 Å². The number of rotatable bonds is 4. The van der Waals surface area contributed by atoms with Gasteiger partial charge in [0.1, 0.15) is 0 Å². The van der Waals surface area contributed by atoms with Gasteiger partial charge in [-0.2, -0.15) is 0 Å². The standard InChI is InChI=1S/C15H21NO2S/c1-12-3-5-14(6-4-12)10-19-11-15(17)16-7-8-18-13(2)9-16/h3-6,13H,7-11H2,1-2H3. The van der Waals surface area contributed by atoms with Gasteiger partial charge in [0, 0.05) is 18.8 Å². The highest BCUT2D eigenvalue weighted by Gasteiger charge is 2.20. The van der Waals surface area contributed by atoms with Crippen LogP contribution in [-0.4, -0.2) is 42.4 Å². The Kier molecular flexibility index (Phi) is 5.28. The Bertz CT molecular complexity index is 419. The Morgan fingerprint density at radius 3 is 2.84 bits per heavy atom. The first-order valence-electron chi connectivity index (χ1n) is 6.68. The summed E-state index contributed by atoms with van der Waals surface area (Å²) in [7, 11) is 0. The fourth-order valence-corrected chi connectivity index (χ4v) is 2.96. The Balaban J connectivity index is 1.73. The van der Waals surface area contributed by atoms with Gasteiger partial charge in [-0.05, 0) is 19.4 Å². The zero-order valence-electron chi connectivity index (χ0n) is 11.6. The van der Waals surface area contributed by atoms with Crippen molar-refractivity contribution in [3.05, 3.63) is 35.4 Å². The van der Waals surface area contributed by atoms with Crippen LogP contribution in [0.25, 0.3) is 0 Å². The first-order valence-corrected chi connectivity index (χ1v) is 7.83. The van der Waals surface area contributed by atoms with E-state index in [4.69, 9.17) is 4.74 Å². The van der Waals surface area contributed by atoms with E-state index in [-0.39, 0.29) is 12.0 Å². The molecule has 1 heterocycles. The highest BCUT2D eigenvalue weighted by molar-refractivity contribution is 7.99. The molecule has 4 heteroatoms. The SMILES string of the molecule is Cc1ccc(CSCC(=O)N2CCOC(C)C2)cc1. The van der Waals surface area contributed by atoms with Gasteiger partial charge in [-0.25, -0.2) is 0 Å². The quantitative estimate of drug-likeness (QED) is 0.848. The molecule has 0 aromatic heterocycles. The number of morpholine rings is 1. The molecule has 0 aliphatic carbocycles. The van der Waals surface area contributed by atoms with E-state index in [0.29, 0.717) is 12.4 Å². The number of ether oxygens (including phenoxy) is 1. The number of benzene rings is 1. The van der Waals surface area contributed by atoms with Crippen LogP contribution in [0, 0.1) is 6.92 Å². The summed E-state index contributed by atoms with van der Waals surface area (Å²) in [6.45, 7) is 6.21. The first kappa shape index (κ1) is 14.4. The highest BCUT2D eigenvalue weighted by atomic mass is 32.2. The Labute approximate surface area is 119 Å². The summed E-state index contributed by atoms with van der Waals surface area (Å²) >= 11 is 1.68. The van der Waals surface area contributed by atoms with Gasteiger partial charge in [-0.1, -0.05) is 29.8 Å². The molecule has 0 N–H and O–H groups in total. The van der Waals surface area contributed by atoms with E-state index in [1.165, 1.54) is 11.1 Å². The van der Waals surface area contributed by atoms with Crippen LogP contribution in [0.1, 0.15) is 18.1 Å². The second kappa shape index (κ2) is 6.96. The number of carbonyl (C=O) groups excluding carboxylic acids is 1. The number of thioether (sulfide) groups is 1. The molecule has 1 unspecified atom stereocenters. The summed E-state index contributed by atoms with van der Waals surface area (Å²) in [6, 6.07) is 8.48. The summed E-state index contributed by atoms with van der Waals surface area (Å²) in [4.78, 5) is 14.0. The maximum atomic E-state index is 12.0. The van der Waals surface area contributed by atoms with Crippen molar-refractivity contribution in [2.24, 2.45) is 0 Å². The lowest BCUT2D eigenvalue weighted by atomic mass is 10.2. The van der Waals surface area contributed by atoms with E-state index in [2.05, 4.69) is 31.2 Å². The van der Waals surface area contributed by atoms with Crippen molar-refractivity contribution in [3.8, 4) is 0 Å². The molecule has 19 heavy (non-hydrogen) atoms. The predicted octanol–water partition coefficient (Wildman–Crippen LogP) is 2.48. The fraction of sp³-hybridized carbons (Fsp3) is 0.533. The molecule has 1 aliphatic rings. The van der Waals surface area contributed by atoms with Gasteiger partial charge in [0.05, 0.1) is 18.5 Å².